The van der Waals surface area contributed by atoms with Crippen molar-refractivity contribution >= 4 is 0 Å². The van der Waals surface area contributed by atoms with Crippen LogP contribution in [-0.2, 0) is 0 Å². The summed E-state index contributed by atoms with van der Waals surface area (Å²) in [5.74, 6) is 3.71. The molecule has 0 saturated heterocycles. The number of rotatable bonds is 1. The molecule has 82 valence electrons. The van der Waals surface area contributed by atoms with Gasteiger partial charge in [-0.3, -0.25) is 0 Å². The summed E-state index contributed by atoms with van der Waals surface area (Å²) in [5.41, 5.74) is 6.11. The van der Waals surface area contributed by atoms with Crippen molar-refractivity contribution in [2.45, 2.75) is 58.4 Å². The van der Waals surface area contributed by atoms with E-state index < -0.39 is 0 Å². The molecule has 14 heavy (non-hydrogen) atoms. The maximum absolute atomic E-state index is 6.11. The topological polar surface area (TPSA) is 26.0 Å². The lowest BCUT2D eigenvalue weighted by molar-refractivity contribution is 0.173. The molecule has 0 aromatic carbocycles. The fourth-order valence-electron chi connectivity index (χ4n) is 3.76. The molecule has 2 fully saturated rings. The normalized spacial score (nSPS) is 49.5. The zero-order valence-corrected chi connectivity index (χ0v) is 9.71. The first-order valence-electron chi connectivity index (χ1n) is 6.44. The van der Waals surface area contributed by atoms with Gasteiger partial charge in [0.25, 0.3) is 0 Å². The van der Waals surface area contributed by atoms with E-state index in [2.05, 4.69) is 13.8 Å². The van der Waals surface area contributed by atoms with E-state index in [-0.39, 0.29) is 0 Å². The molecule has 2 N–H and O–H groups in total. The van der Waals surface area contributed by atoms with Crippen molar-refractivity contribution in [3.05, 3.63) is 0 Å². The summed E-state index contributed by atoms with van der Waals surface area (Å²) in [5, 5.41) is 0. The van der Waals surface area contributed by atoms with Gasteiger partial charge < -0.3 is 5.73 Å². The highest BCUT2D eigenvalue weighted by molar-refractivity contribution is 4.89. The Bertz CT molecular complexity index is 190. The van der Waals surface area contributed by atoms with Crippen LogP contribution in [0.5, 0.6) is 0 Å². The van der Waals surface area contributed by atoms with Crippen LogP contribution in [0.3, 0.4) is 0 Å². The van der Waals surface area contributed by atoms with Gasteiger partial charge in [0.05, 0.1) is 0 Å². The van der Waals surface area contributed by atoms with E-state index in [1.165, 1.54) is 38.5 Å². The molecular weight excluding hydrogens is 170 g/mol. The van der Waals surface area contributed by atoms with Crippen LogP contribution in [-0.4, -0.2) is 6.04 Å². The zero-order chi connectivity index (χ0) is 10.1. The Kier molecular flexibility index (Phi) is 3.16. The second kappa shape index (κ2) is 4.22. The summed E-state index contributed by atoms with van der Waals surface area (Å²) in [6, 6.07) is 0.497. The van der Waals surface area contributed by atoms with Crippen molar-refractivity contribution in [1.29, 1.82) is 0 Å². The Morgan fingerprint density at radius 1 is 1.00 bits per heavy atom. The van der Waals surface area contributed by atoms with Gasteiger partial charge >= 0.3 is 0 Å². The van der Waals surface area contributed by atoms with E-state index in [9.17, 15) is 0 Å². The molecule has 0 aromatic heterocycles. The Hall–Kier alpha value is -0.0400. The smallest absolute Gasteiger partial charge is 0.00673 e. The van der Waals surface area contributed by atoms with Crippen molar-refractivity contribution in [1.82, 2.24) is 0 Å². The van der Waals surface area contributed by atoms with Gasteiger partial charge in [0.1, 0.15) is 0 Å². The van der Waals surface area contributed by atoms with E-state index in [0.717, 1.165) is 23.7 Å². The average Bonchev–Trinajstić information content (AvgIpc) is 2.48. The minimum absolute atomic E-state index is 0.497. The van der Waals surface area contributed by atoms with Gasteiger partial charge in [-0.25, -0.2) is 0 Å². The Morgan fingerprint density at radius 3 is 2.36 bits per heavy atom. The summed E-state index contributed by atoms with van der Waals surface area (Å²) in [7, 11) is 0. The van der Waals surface area contributed by atoms with Gasteiger partial charge in [-0.05, 0) is 42.9 Å². The first-order valence-corrected chi connectivity index (χ1v) is 6.44. The molecule has 0 amide bonds. The molecule has 5 unspecified atom stereocenters. The Balaban J connectivity index is 1.94. The monoisotopic (exact) mass is 195 g/mol. The fraction of sp³-hybridized carbons (Fsp3) is 1.00. The lowest BCUT2D eigenvalue weighted by atomic mass is 9.72. The molecule has 1 heteroatoms. The largest absolute Gasteiger partial charge is 0.327 e. The van der Waals surface area contributed by atoms with Crippen molar-refractivity contribution in [2.75, 3.05) is 0 Å². The molecule has 0 bridgehead atoms. The third-order valence-electron chi connectivity index (χ3n) is 4.77. The van der Waals surface area contributed by atoms with Crippen LogP contribution in [0.2, 0.25) is 0 Å². The average molecular weight is 195 g/mol. The summed E-state index contributed by atoms with van der Waals surface area (Å²) >= 11 is 0. The van der Waals surface area contributed by atoms with Crippen LogP contribution in [0.15, 0.2) is 0 Å². The maximum atomic E-state index is 6.11. The number of nitrogens with two attached hydrogens (primary N) is 1. The van der Waals surface area contributed by atoms with Gasteiger partial charge in [-0.15, -0.1) is 0 Å². The van der Waals surface area contributed by atoms with Crippen molar-refractivity contribution in [2.24, 2.45) is 29.4 Å². The van der Waals surface area contributed by atoms with E-state index in [1.807, 2.05) is 0 Å². The minimum atomic E-state index is 0.497. The predicted molar refractivity (Wildman–Crippen MR) is 61.0 cm³/mol. The molecule has 0 aromatic rings. The molecule has 0 radical (unpaired) electrons. The molecule has 2 aliphatic rings. The lowest BCUT2D eigenvalue weighted by Crippen LogP contribution is -2.30. The third kappa shape index (κ3) is 1.98. The molecule has 2 rings (SSSR count). The second-order valence-corrected chi connectivity index (χ2v) is 5.80. The van der Waals surface area contributed by atoms with E-state index in [4.69, 9.17) is 5.73 Å². The highest BCUT2D eigenvalue weighted by Crippen LogP contribution is 2.43. The third-order valence-corrected chi connectivity index (χ3v) is 4.77. The van der Waals surface area contributed by atoms with Crippen LogP contribution in [0, 0.1) is 23.7 Å². The van der Waals surface area contributed by atoms with Gasteiger partial charge in [-0.1, -0.05) is 33.1 Å². The van der Waals surface area contributed by atoms with E-state index in [1.54, 1.807) is 0 Å². The van der Waals surface area contributed by atoms with Crippen LogP contribution < -0.4 is 5.73 Å². The van der Waals surface area contributed by atoms with Crippen LogP contribution in [0.4, 0.5) is 0 Å². The molecule has 0 heterocycles. The number of hydrogen-bond donors (Lipinski definition) is 1. The maximum Gasteiger partial charge on any atom is 0.00673 e. The highest BCUT2D eigenvalue weighted by atomic mass is 14.7. The summed E-state index contributed by atoms with van der Waals surface area (Å²) in [6.45, 7) is 4.80. The molecule has 1 nitrogen and oxygen atoms in total. The summed E-state index contributed by atoms with van der Waals surface area (Å²) < 4.78 is 0. The van der Waals surface area contributed by atoms with Crippen molar-refractivity contribution in [3.8, 4) is 0 Å². The lowest BCUT2D eigenvalue weighted by Gasteiger charge is -2.34. The van der Waals surface area contributed by atoms with Crippen LogP contribution in [0.1, 0.15) is 52.4 Å². The van der Waals surface area contributed by atoms with Crippen LogP contribution in [0.25, 0.3) is 0 Å². The molecule has 5 atom stereocenters. The van der Waals surface area contributed by atoms with Crippen LogP contribution >= 0.6 is 0 Å². The first kappa shape index (κ1) is 10.5. The molecular formula is C13H25N. The minimum Gasteiger partial charge on any atom is -0.327 e. The van der Waals surface area contributed by atoms with Gasteiger partial charge in [0.15, 0.2) is 0 Å². The second-order valence-electron chi connectivity index (χ2n) is 5.80. The standard InChI is InChI=1S/C13H25N/c1-9-4-3-5-11(8-9)12-6-7-13(14)10(12)2/h9-13H,3-8,14H2,1-2H3. The zero-order valence-electron chi connectivity index (χ0n) is 9.71. The van der Waals surface area contributed by atoms with Gasteiger partial charge in [0.2, 0.25) is 0 Å². The molecule has 0 spiro atoms. The summed E-state index contributed by atoms with van der Waals surface area (Å²) in [6.07, 6.45) is 8.55. The van der Waals surface area contributed by atoms with E-state index >= 15 is 0 Å². The van der Waals surface area contributed by atoms with Gasteiger partial charge in [0, 0.05) is 6.04 Å². The molecule has 2 aliphatic carbocycles. The number of hydrogen-bond acceptors (Lipinski definition) is 1. The molecule has 0 aliphatic heterocycles. The highest BCUT2D eigenvalue weighted by Gasteiger charge is 2.36. The summed E-state index contributed by atoms with van der Waals surface area (Å²) in [4.78, 5) is 0. The Morgan fingerprint density at radius 2 is 1.79 bits per heavy atom. The SMILES string of the molecule is CC1CCCC(C2CCC(N)C2C)C1. The molecule has 2 saturated carbocycles. The quantitative estimate of drug-likeness (QED) is 0.683. The van der Waals surface area contributed by atoms with Crippen molar-refractivity contribution < 1.29 is 0 Å². The predicted octanol–water partition coefficient (Wildman–Crippen LogP) is 3.19. The fourth-order valence-corrected chi connectivity index (χ4v) is 3.76. The van der Waals surface area contributed by atoms with E-state index in [0.29, 0.717) is 6.04 Å². The van der Waals surface area contributed by atoms with Crippen molar-refractivity contribution in [3.63, 3.8) is 0 Å². The van der Waals surface area contributed by atoms with Gasteiger partial charge in [-0.2, -0.15) is 0 Å². The first-order chi connectivity index (χ1) is 6.68. The Labute approximate surface area is 88.4 Å².